The number of hydrogen-bond acceptors (Lipinski definition) is 1. The topological polar surface area (TPSA) is 25.0 Å². The molecule has 0 atom stereocenters. The van der Waals surface area contributed by atoms with E-state index in [4.69, 9.17) is 6.11 Å². The van der Waals surface area contributed by atoms with Crippen LogP contribution in [0.15, 0.2) is 54.7 Å². The van der Waals surface area contributed by atoms with Crippen molar-refractivity contribution in [3.63, 3.8) is 0 Å². The van der Waals surface area contributed by atoms with Gasteiger partial charge in [-0.15, -0.1) is 0 Å². The Morgan fingerprint density at radius 3 is 2.41 bits per heavy atom. The van der Waals surface area contributed by atoms with E-state index >= 15 is 0 Å². The fourth-order valence-corrected chi connectivity index (χ4v) is 2.19. The number of fused-ring (bicyclic) bond motifs is 1. The van der Waals surface area contributed by atoms with Crippen LogP contribution in [0.2, 0.25) is 0 Å². The standard InChI is InChI=1S/C17H14F3NO/c18-17(19,20)15-4-1-12(2-5-15)10-22-11-13-3-6-16-14(9-13)7-8-21-16/h1-9,21H,10-11H2/i7D. The van der Waals surface area contributed by atoms with E-state index < -0.39 is 11.7 Å². The van der Waals surface area contributed by atoms with Gasteiger partial charge in [-0.05, 0) is 46.8 Å². The molecule has 0 aliphatic carbocycles. The van der Waals surface area contributed by atoms with E-state index in [1.54, 1.807) is 6.20 Å². The van der Waals surface area contributed by atoms with E-state index in [0.717, 1.165) is 28.6 Å². The molecule has 1 aromatic heterocycles. The van der Waals surface area contributed by atoms with Gasteiger partial charge in [-0.1, -0.05) is 18.2 Å². The number of alkyl halides is 3. The summed E-state index contributed by atoms with van der Waals surface area (Å²) in [4.78, 5) is 2.99. The summed E-state index contributed by atoms with van der Waals surface area (Å²) in [6.45, 7) is 0.568. The van der Waals surface area contributed by atoms with Crippen molar-refractivity contribution in [3.05, 3.63) is 71.4 Å². The summed E-state index contributed by atoms with van der Waals surface area (Å²) < 4.78 is 50.7. The Bertz CT molecular complexity index is 809. The van der Waals surface area contributed by atoms with Gasteiger partial charge in [-0.3, -0.25) is 0 Å². The number of halogens is 3. The Morgan fingerprint density at radius 1 is 1.00 bits per heavy atom. The highest BCUT2D eigenvalue weighted by molar-refractivity contribution is 5.79. The fourth-order valence-electron chi connectivity index (χ4n) is 2.19. The van der Waals surface area contributed by atoms with E-state index in [1.165, 1.54) is 12.1 Å². The minimum absolute atomic E-state index is 0.233. The summed E-state index contributed by atoms with van der Waals surface area (Å²) in [7, 11) is 0. The lowest BCUT2D eigenvalue weighted by atomic mass is 10.1. The van der Waals surface area contributed by atoms with Crippen LogP contribution in [0.1, 0.15) is 18.1 Å². The van der Waals surface area contributed by atoms with Gasteiger partial charge in [0.15, 0.2) is 0 Å². The number of aromatic amines is 1. The molecule has 0 aliphatic heterocycles. The minimum atomic E-state index is -4.32. The second kappa shape index (κ2) is 5.85. The smallest absolute Gasteiger partial charge is 0.372 e. The van der Waals surface area contributed by atoms with Gasteiger partial charge in [0.1, 0.15) is 0 Å². The van der Waals surface area contributed by atoms with Crippen LogP contribution in [0.25, 0.3) is 10.9 Å². The maximum absolute atomic E-state index is 12.5. The molecule has 0 bridgehead atoms. The first-order valence-corrected chi connectivity index (χ1v) is 6.74. The first-order chi connectivity index (χ1) is 10.9. The molecule has 0 fully saturated rings. The molecule has 114 valence electrons. The Labute approximate surface area is 126 Å². The normalized spacial score (nSPS) is 12.6. The quantitative estimate of drug-likeness (QED) is 0.728. The van der Waals surface area contributed by atoms with Gasteiger partial charge in [-0.25, -0.2) is 0 Å². The average Bonchev–Trinajstić information content (AvgIpc) is 2.88. The second-order valence-corrected chi connectivity index (χ2v) is 5.00. The SMILES string of the molecule is [2H]c1c[nH]c2ccc(COCc3ccc(C(F)(F)F)cc3)cc12. The summed E-state index contributed by atoms with van der Waals surface area (Å²) in [5.74, 6) is 0. The maximum Gasteiger partial charge on any atom is 0.416 e. The molecular formula is C17H14F3NO. The number of nitrogens with one attached hydrogen (secondary N) is 1. The van der Waals surface area contributed by atoms with Gasteiger partial charge in [-0.2, -0.15) is 13.2 Å². The van der Waals surface area contributed by atoms with Crippen LogP contribution >= 0.6 is 0 Å². The van der Waals surface area contributed by atoms with Crippen molar-refractivity contribution in [1.29, 1.82) is 0 Å². The van der Waals surface area contributed by atoms with Gasteiger partial charge >= 0.3 is 6.18 Å². The van der Waals surface area contributed by atoms with E-state index in [0.29, 0.717) is 18.2 Å². The first kappa shape index (κ1) is 13.4. The lowest BCUT2D eigenvalue weighted by Gasteiger charge is -2.08. The maximum atomic E-state index is 12.5. The van der Waals surface area contributed by atoms with Crippen LogP contribution in [-0.4, -0.2) is 4.98 Å². The van der Waals surface area contributed by atoms with E-state index in [9.17, 15) is 13.2 Å². The number of aromatic nitrogens is 1. The zero-order valence-electron chi connectivity index (χ0n) is 12.6. The molecule has 1 heterocycles. The monoisotopic (exact) mass is 306 g/mol. The summed E-state index contributed by atoms with van der Waals surface area (Å²) in [5, 5.41) is 0.820. The van der Waals surface area contributed by atoms with Crippen molar-refractivity contribution >= 4 is 10.9 Å². The van der Waals surface area contributed by atoms with Crippen LogP contribution in [0.3, 0.4) is 0 Å². The van der Waals surface area contributed by atoms with Crippen LogP contribution in [0.4, 0.5) is 13.2 Å². The molecule has 2 aromatic carbocycles. The van der Waals surface area contributed by atoms with Crippen LogP contribution in [0, 0.1) is 0 Å². The lowest BCUT2D eigenvalue weighted by Crippen LogP contribution is -2.04. The van der Waals surface area contributed by atoms with Crippen molar-refractivity contribution in [2.75, 3.05) is 0 Å². The van der Waals surface area contributed by atoms with Crippen molar-refractivity contribution < 1.29 is 19.3 Å². The molecule has 0 saturated carbocycles. The van der Waals surface area contributed by atoms with E-state index in [-0.39, 0.29) is 6.61 Å². The van der Waals surface area contributed by atoms with Crippen molar-refractivity contribution in [2.24, 2.45) is 0 Å². The molecule has 0 saturated heterocycles. The van der Waals surface area contributed by atoms with Crippen LogP contribution < -0.4 is 0 Å². The summed E-state index contributed by atoms with van der Waals surface area (Å²) in [6, 6.07) is 11.0. The third-order valence-electron chi connectivity index (χ3n) is 3.36. The molecule has 0 amide bonds. The van der Waals surface area contributed by atoms with Crippen molar-refractivity contribution in [2.45, 2.75) is 19.4 Å². The van der Waals surface area contributed by atoms with Gasteiger partial charge in [0.05, 0.1) is 20.1 Å². The van der Waals surface area contributed by atoms with Crippen molar-refractivity contribution in [1.82, 2.24) is 4.98 Å². The van der Waals surface area contributed by atoms with Gasteiger partial charge in [0.25, 0.3) is 0 Å². The Hall–Kier alpha value is -2.27. The van der Waals surface area contributed by atoms with Crippen molar-refractivity contribution in [3.8, 4) is 0 Å². The zero-order chi connectivity index (χ0) is 16.4. The largest absolute Gasteiger partial charge is 0.416 e. The molecular weight excluding hydrogens is 291 g/mol. The number of benzene rings is 2. The molecule has 5 heteroatoms. The predicted octanol–water partition coefficient (Wildman–Crippen LogP) is 4.90. The molecule has 3 aromatic rings. The lowest BCUT2D eigenvalue weighted by molar-refractivity contribution is -0.137. The predicted molar refractivity (Wildman–Crippen MR) is 78.2 cm³/mol. The first-order valence-electron chi connectivity index (χ1n) is 7.24. The molecule has 0 aliphatic rings. The van der Waals surface area contributed by atoms with Crippen LogP contribution in [0.5, 0.6) is 0 Å². The number of rotatable bonds is 4. The Balaban J connectivity index is 1.61. The molecule has 3 rings (SSSR count). The zero-order valence-corrected chi connectivity index (χ0v) is 11.6. The number of H-pyrrole nitrogens is 1. The number of hydrogen-bond donors (Lipinski definition) is 1. The van der Waals surface area contributed by atoms with E-state index in [2.05, 4.69) is 4.98 Å². The molecule has 2 nitrogen and oxygen atoms in total. The highest BCUT2D eigenvalue weighted by Gasteiger charge is 2.29. The molecule has 1 N–H and O–H groups in total. The Morgan fingerprint density at radius 2 is 1.68 bits per heavy atom. The average molecular weight is 306 g/mol. The number of ether oxygens (including phenoxy) is 1. The van der Waals surface area contributed by atoms with Crippen LogP contribution in [-0.2, 0) is 24.1 Å². The highest BCUT2D eigenvalue weighted by Crippen LogP contribution is 2.29. The van der Waals surface area contributed by atoms with E-state index in [1.807, 2.05) is 18.2 Å². The highest BCUT2D eigenvalue weighted by atomic mass is 19.4. The summed E-state index contributed by atoms with van der Waals surface area (Å²) in [6.07, 6.45) is -2.70. The fraction of sp³-hybridized carbons (Fsp3) is 0.176. The molecule has 0 radical (unpaired) electrons. The second-order valence-electron chi connectivity index (χ2n) is 5.00. The third-order valence-corrected chi connectivity index (χ3v) is 3.36. The van der Waals surface area contributed by atoms with Gasteiger partial charge in [0.2, 0.25) is 0 Å². The summed E-state index contributed by atoms with van der Waals surface area (Å²) >= 11 is 0. The summed E-state index contributed by atoms with van der Waals surface area (Å²) in [5.41, 5.74) is 1.82. The molecule has 0 unspecified atom stereocenters. The third kappa shape index (κ3) is 3.31. The Kier molecular flexibility index (Phi) is 3.56. The minimum Gasteiger partial charge on any atom is -0.372 e. The molecule has 0 spiro atoms. The molecule has 22 heavy (non-hydrogen) atoms. The van der Waals surface area contributed by atoms with Gasteiger partial charge < -0.3 is 9.72 Å². The van der Waals surface area contributed by atoms with Gasteiger partial charge in [0, 0.05) is 11.7 Å².